The first-order valence-electron chi connectivity index (χ1n) is 10.2. The molecule has 156 valence electrons. The molecular weight excluding hydrogens is 392 g/mol. The lowest BCUT2D eigenvalue weighted by atomic mass is 10.1. The summed E-state index contributed by atoms with van der Waals surface area (Å²) in [6.07, 6.45) is 7.38. The Labute approximate surface area is 179 Å². The molecule has 0 aliphatic carbocycles. The van der Waals surface area contributed by atoms with Gasteiger partial charge in [0.25, 0.3) is 5.91 Å². The van der Waals surface area contributed by atoms with E-state index < -0.39 is 0 Å². The van der Waals surface area contributed by atoms with Crippen LogP contribution < -0.4 is 9.64 Å². The molecule has 4 heterocycles. The second-order valence-corrected chi connectivity index (χ2v) is 7.34. The van der Waals surface area contributed by atoms with Gasteiger partial charge in [0.15, 0.2) is 0 Å². The van der Waals surface area contributed by atoms with Gasteiger partial charge in [-0.25, -0.2) is 15.0 Å². The van der Waals surface area contributed by atoms with Crippen molar-refractivity contribution in [2.24, 2.45) is 0 Å². The van der Waals surface area contributed by atoms with E-state index in [1.165, 1.54) is 0 Å². The van der Waals surface area contributed by atoms with Crippen LogP contribution in [-0.4, -0.2) is 56.3 Å². The van der Waals surface area contributed by atoms with Crippen LogP contribution in [0.25, 0.3) is 5.65 Å². The van der Waals surface area contributed by atoms with Crippen molar-refractivity contribution in [1.29, 1.82) is 0 Å². The smallest absolute Gasteiger partial charge is 0.253 e. The number of anilines is 1. The van der Waals surface area contributed by atoms with Crippen LogP contribution >= 0.6 is 0 Å². The zero-order valence-electron chi connectivity index (χ0n) is 17.0. The fourth-order valence-electron chi connectivity index (χ4n) is 3.65. The van der Waals surface area contributed by atoms with Gasteiger partial charge in [-0.05, 0) is 42.5 Å². The summed E-state index contributed by atoms with van der Waals surface area (Å²) < 4.78 is 7.81. The van der Waals surface area contributed by atoms with E-state index in [-0.39, 0.29) is 5.91 Å². The number of carbonyl (C=O) groups is 1. The molecule has 1 aromatic carbocycles. The van der Waals surface area contributed by atoms with E-state index in [1.54, 1.807) is 18.5 Å². The molecule has 0 unspecified atom stereocenters. The Morgan fingerprint density at radius 3 is 2.45 bits per heavy atom. The number of carbonyl (C=O) groups excluding carboxylic acids is 1. The minimum absolute atomic E-state index is 0.0283. The van der Waals surface area contributed by atoms with Gasteiger partial charge in [-0.1, -0.05) is 6.07 Å². The van der Waals surface area contributed by atoms with Crippen LogP contribution in [0.15, 0.2) is 73.3 Å². The van der Waals surface area contributed by atoms with Gasteiger partial charge >= 0.3 is 0 Å². The highest BCUT2D eigenvalue weighted by atomic mass is 16.5. The van der Waals surface area contributed by atoms with Gasteiger partial charge in [0.2, 0.25) is 5.95 Å². The van der Waals surface area contributed by atoms with E-state index in [0.717, 1.165) is 24.4 Å². The maximum Gasteiger partial charge on any atom is 0.253 e. The topological polar surface area (TPSA) is 75.9 Å². The highest BCUT2D eigenvalue weighted by Crippen LogP contribution is 2.17. The van der Waals surface area contributed by atoms with E-state index in [2.05, 4.69) is 19.9 Å². The number of fused-ring (bicyclic) bond motifs is 1. The molecule has 1 fully saturated rings. The lowest BCUT2D eigenvalue weighted by molar-refractivity contribution is 0.0746. The number of amides is 1. The van der Waals surface area contributed by atoms with Crippen molar-refractivity contribution in [2.75, 3.05) is 31.1 Å². The first kappa shape index (κ1) is 19.0. The van der Waals surface area contributed by atoms with Crippen molar-refractivity contribution in [3.8, 4) is 5.75 Å². The Morgan fingerprint density at radius 1 is 0.935 bits per heavy atom. The quantitative estimate of drug-likeness (QED) is 0.500. The Balaban J connectivity index is 1.16. The Bertz CT molecular complexity index is 1130. The van der Waals surface area contributed by atoms with E-state index in [4.69, 9.17) is 4.74 Å². The van der Waals surface area contributed by atoms with Gasteiger partial charge in [-0.3, -0.25) is 4.79 Å². The summed E-state index contributed by atoms with van der Waals surface area (Å²) in [7, 11) is 0. The maximum atomic E-state index is 12.9. The van der Waals surface area contributed by atoms with Gasteiger partial charge in [0.1, 0.15) is 18.0 Å². The van der Waals surface area contributed by atoms with Gasteiger partial charge in [0.05, 0.1) is 5.69 Å². The Kier molecular flexibility index (Phi) is 5.18. The van der Waals surface area contributed by atoms with Crippen LogP contribution in [0.4, 0.5) is 5.95 Å². The molecule has 0 N–H and O–H groups in total. The van der Waals surface area contributed by atoms with E-state index in [0.29, 0.717) is 37.0 Å². The molecule has 1 aliphatic heterocycles. The van der Waals surface area contributed by atoms with Crippen molar-refractivity contribution in [1.82, 2.24) is 24.3 Å². The molecule has 31 heavy (non-hydrogen) atoms. The summed E-state index contributed by atoms with van der Waals surface area (Å²) >= 11 is 0. The Hall–Kier alpha value is -3.94. The fourth-order valence-corrected chi connectivity index (χ4v) is 3.65. The second-order valence-electron chi connectivity index (χ2n) is 7.34. The lowest BCUT2D eigenvalue weighted by Crippen LogP contribution is -2.49. The molecule has 0 radical (unpaired) electrons. The van der Waals surface area contributed by atoms with E-state index >= 15 is 0 Å². The average Bonchev–Trinajstić information content (AvgIpc) is 3.26. The largest absolute Gasteiger partial charge is 0.487 e. The van der Waals surface area contributed by atoms with E-state index in [9.17, 15) is 4.79 Å². The number of hydrogen-bond donors (Lipinski definition) is 0. The molecular formula is C23H22N6O2. The number of nitrogens with zero attached hydrogens (tertiary/aromatic N) is 6. The average molecular weight is 414 g/mol. The van der Waals surface area contributed by atoms with Crippen molar-refractivity contribution in [2.45, 2.75) is 6.61 Å². The molecule has 1 saturated heterocycles. The number of benzene rings is 1. The van der Waals surface area contributed by atoms with Crippen LogP contribution in [0.2, 0.25) is 0 Å². The third kappa shape index (κ3) is 4.18. The zero-order valence-corrected chi connectivity index (χ0v) is 17.0. The predicted molar refractivity (Wildman–Crippen MR) is 116 cm³/mol. The Morgan fingerprint density at radius 2 is 1.71 bits per heavy atom. The van der Waals surface area contributed by atoms with Crippen molar-refractivity contribution < 1.29 is 9.53 Å². The number of imidazole rings is 1. The second kappa shape index (κ2) is 8.43. The number of ether oxygens (including phenoxy) is 1. The minimum Gasteiger partial charge on any atom is -0.487 e. The standard InChI is InChI=1S/C23H22N6O2/c30-22(27-12-14-28(15-13-27)23-24-9-3-10-25-23)18-5-7-20(8-6-18)31-17-19-16-29-11-2-1-4-21(29)26-19/h1-11,16H,12-15,17H2. The predicted octanol–water partition coefficient (Wildman–Crippen LogP) is 2.67. The zero-order chi connectivity index (χ0) is 21.0. The van der Waals surface area contributed by atoms with E-state index in [1.807, 2.05) is 64.2 Å². The summed E-state index contributed by atoms with van der Waals surface area (Å²) in [6, 6.07) is 15.0. The fraction of sp³-hybridized carbons (Fsp3) is 0.217. The van der Waals surface area contributed by atoms with Crippen LogP contribution in [0.3, 0.4) is 0 Å². The monoisotopic (exact) mass is 414 g/mol. The third-order valence-corrected chi connectivity index (χ3v) is 5.30. The molecule has 0 saturated carbocycles. The summed E-state index contributed by atoms with van der Waals surface area (Å²) in [5.74, 6) is 1.45. The lowest BCUT2D eigenvalue weighted by Gasteiger charge is -2.34. The van der Waals surface area contributed by atoms with Crippen LogP contribution in [0.1, 0.15) is 16.1 Å². The SMILES string of the molecule is O=C(c1ccc(OCc2cn3ccccc3n2)cc1)N1CCN(c2ncccn2)CC1. The first-order chi connectivity index (χ1) is 15.3. The molecule has 0 bridgehead atoms. The number of rotatable bonds is 5. The molecule has 1 aliphatic rings. The van der Waals surface area contributed by atoms with Crippen molar-refractivity contribution in [3.05, 3.63) is 84.6 Å². The summed E-state index contributed by atoms with van der Waals surface area (Å²) in [6.45, 7) is 3.09. The maximum absolute atomic E-state index is 12.9. The molecule has 4 aromatic rings. The number of piperazine rings is 1. The highest BCUT2D eigenvalue weighted by Gasteiger charge is 2.23. The third-order valence-electron chi connectivity index (χ3n) is 5.30. The molecule has 0 atom stereocenters. The highest BCUT2D eigenvalue weighted by molar-refractivity contribution is 5.94. The van der Waals surface area contributed by atoms with Crippen LogP contribution in [-0.2, 0) is 6.61 Å². The number of aromatic nitrogens is 4. The van der Waals surface area contributed by atoms with Gasteiger partial charge in [0, 0.05) is 56.5 Å². The van der Waals surface area contributed by atoms with Crippen molar-refractivity contribution in [3.63, 3.8) is 0 Å². The first-order valence-corrected chi connectivity index (χ1v) is 10.2. The molecule has 1 amide bonds. The summed E-state index contributed by atoms with van der Waals surface area (Å²) in [5.41, 5.74) is 2.40. The van der Waals surface area contributed by atoms with Crippen LogP contribution in [0.5, 0.6) is 5.75 Å². The summed E-state index contributed by atoms with van der Waals surface area (Å²) in [5, 5.41) is 0. The van der Waals surface area contributed by atoms with Gasteiger partial charge < -0.3 is 18.9 Å². The van der Waals surface area contributed by atoms with Crippen LogP contribution in [0, 0.1) is 0 Å². The normalized spacial score (nSPS) is 14.1. The number of hydrogen-bond acceptors (Lipinski definition) is 6. The minimum atomic E-state index is 0.0283. The molecule has 5 rings (SSSR count). The van der Waals surface area contributed by atoms with Gasteiger partial charge in [-0.2, -0.15) is 0 Å². The molecule has 0 spiro atoms. The van der Waals surface area contributed by atoms with Gasteiger partial charge in [-0.15, -0.1) is 0 Å². The molecule has 3 aromatic heterocycles. The number of pyridine rings is 1. The molecule has 8 nitrogen and oxygen atoms in total. The summed E-state index contributed by atoms with van der Waals surface area (Å²) in [4.78, 5) is 29.9. The molecule has 8 heteroatoms. The van der Waals surface area contributed by atoms with Crippen molar-refractivity contribution >= 4 is 17.5 Å².